The number of aliphatic imine (C=N–C) groups is 1. The third-order valence-corrected chi connectivity index (χ3v) is 3.95. The number of benzene rings is 1. The number of guanidine groups is 1. The van der Waals surface area contributed by atoms with Gasteiger partial charge in [-0.2, -0.15) is 11.8 Å². The van der Waals surface area contributed by atoms with Crippen LogP contribution in [0.25, 0.3) is 0 Å². The first-order chi connectivity index (χ1) is 10.7. The predicted molar refractivity (Wildman–Crippen MR) is 114 cm³/mol. The van der Waals surface area contributed by atoms with Crippen LogP contribution in [0.3, 0.4) is 0 Å². The molecule has 0 radical (unpaired) electrons. The standard InChI is InChI=1S/C15H23BrN4OS.HI/c1-17-15(20-9-10-22-2)19-8-4-7-18-14(21)12-5-3-6-13(16)11-12;/h3,5-6,11H,4,7-10H2,1-2H3,(H,18,21)(H2,17,19,20);1H. The van der Waals surface area contributed by atoms with E-state index < -0.39 is 0 Å². The molecule has 23 heavy (non-hydrogen) atoms. The predicted octanol–water partition coefficient (Wildman–Crippen LogP) is 2.72. The van der Waals surface area contributed by atoms with Crippen LogP contribution in [-0.2, 0) is 0 Å². The second-order valence-corrected chi connectivity index (χ2v) is 6.44. The van der Waals surface area contributed by atoms with Crippen LogP contribution in [0.1, 0.15) is 16.8 Å². The third kappa shape index (κ3) is 10.1. The Bertz CT molecular complexity index is 502. The van der Waals surface area contributed by atoms with Crippen molar-refractivity contribution in [3.63, 3.8) is 0 Å². The van der Waals surface area contributed by atoms with Crippen molar-refractivity contribution in [2.24, 2.45) is 4.99 Å². The van der Waals surface area contributed by atoms with Crippen molar-refractivity contribution in [2.75, 3.05) is 38.7 Å². The normalized spacial score (nSPS) is 10.7. The van der Waals surface area contributed by atoms with Crippen LogP contribution in [0.4, 0.5) is 0 Å². The zero-order chi connectivity index (χ0) is 16.2. The van der Waals surface area contributed by atoms with Crippen LogP contribution in [0.2, 0.25) is 0 Å². The molecular weight excluding hydrogens is 491 g/mol. The molecule has 0 saturated heterocycles. The monoisotopic (exact) mass is 514 g/mol. The average molecular weight is 515 g/mol. The minimum absolute atomic E-state index is 0. The van der Waals surface area contributed by atoms with Crippen molar-refractivity contribution < 1.29 is 4.79 Å². The zero-order valence-corrected chi connectivity index (χ0v) is 18.1. The van der Waals surface area contributed by atoms with Gasteiger partial charge in [0.05, 0.1) is 0 Å². The van der Waals surface area contributed by atoms with E-state index in [0.717, 1.165) is 35.7 Å². The number of hydrogen-bond donors (Lipinski definition) is 3. The van der Waals surface area contributed by atoms with E-state index in [9.17, 15) is 4.79 Å². The van der Waals surface area contributed by atoms with Crippen molar-refractivity contribution >= 4 is 63.5 Å². The van der Waals surface area contributed by atoms with Gasteiger partial charge >= 0.3 is 0 Å². The van der Waals surface area contributed by atoms with Gasteiger partial charge in [0.15, 0.2) is 5.96 Å². The number of thioether (sulfide) groups is 1. The Morgan fingerprint density at radius 3 is 2.57 bits per heavy atom. The maximum atomic E-state index is 11.9. The Balaban J connectivity index is 0.00000484. The van der Waals surface area contributed by atoms with Crippen LogP contribution in [-0.4, -0.2) is 50.6 Å². The molecule has 1 amide bonds. The summed E-state index contributed by atoms with van der Waals surface area (Å²) in [6, 6.07) is 7.36. The van der Waals surface area contributed by atoms with Gasteiger partial charge in [-0.3, -0.25) is 9.79 Å². The molecule has 0 atom stereocenters. The quantitative estimate of drug-likeness (QED) is 0.216. The Labute approximate surface area is 168 Å². The zero-order valence-electron chi connectivity index (χ0n) is 13.4. The van der Waals surface area contributed by atoms with Gasteiger partial charge < -0.3 is 16.0 Å². The third-order valence-electron chi connectivity index (χ3n) is 2.84. The molecule has 8 heteroatoms. The van der Waals surface area contributed by atoms with E-state index in [0.29, 0.717) is 12.1 Å². The molecule has 0 spiro atoms. The first kappa shape index (κ1) is 22.5. The maximum absolute atomic E-state index is 11.9. The summed E-state index contributed by atoms with van der Waals surface area (Å²) in [5, 5.41) is 9.36. The minimum atomic E-state index is -0.0521. The van der Waals surface area contributed by atoms with Gasteiger partial charge in [-0.1, -0.05) is 22.0 Å². The van der Waals surface area contributed by atoms with Crippen molar-refractivity contribution in [1.82, 2.24) is 16.0 Å². The van der Waals surface area contributed by atoms with Gasteiger partial charge in [-0.25, -0.2) is 0 Å². The molecule has 0 unspecified atom stereocenters. The lowest BCUT2D eigenvalue weighted by Gasteiger charge is -2.11. The van der Waals surface area contributed by atoms with Crippen LogP contribution in [0.15, 0.2) is 33.7 Å². The molecule has 1 rings (SSSR count). The second-order valence-electron chi connectivity index (χ2n) is 4.54. The lowest BCUT2D eigenvalue weighted by atomic mass is 10.2. The number of amides is 1. The highest BCUT2D eigenvalue weighted by atomic mass is 127. The molecule has 0 bridgehead atoms. The maximum Gasteiger partial charge on any atom is 0.251 e. The largest absolute Gasteiger partial charge is 0.356 e. The van der Waals surface area contributed by atoms with Crippen LogP contribution in [0, 0.1) is 0 Å². The molecule has 0 fully saturated rings. The first-order valence-corrected chi connectivity index (χ1v) is 9.33. The highest BCUT2D eigenvalue weighted by molar-refractivity contribution is 14.0. The number of halogens is 2. The summed E-state index contributed by atoms with van der Waals surface area (Å²) in [5.41, 5.74) is 0.664. The Morgan fingerprint density at radius 2 is 1.91 bits per heavy atom. The van der Waals surface area contributed by atoms with Crippen molar-refractivity contribution in [1.29, 1.82) is 0 Å². The number of carbonyl (C=O) groups is 1. The fourth-order valence-corrected chi connectivity index (χ4v) is 2.43. The molecule has 0 heterocycles. The lowest BCUT2D eigenvalue weighted by Crippen LogP contribution is -2.39. The van der Waals surface area contributed by atoms with E-state index in [2.05, 4.69) is 43.1 Å². The van der Waals surface area contributed by atoms with Gasteiger partial charge in [0, 0.05) is 42.5 Å². The molecule has 0 aliphatic heterocycles. The average Bonchev–Trinajstić information content (AvgIpc) is 2.52. The topological polar surface area (TPSA) is 65.5 Å². The van der Waals surface area contributed by atoms with Crippen molar-refractivity contribution in [3.8, 4) is 0 Å². The summed E-state index contributed by atoms with van der Waals surface area (Å²) in [6.45, 7) is 2.28. The summed E-state index contributed by atoms with van der Waals surface area (Å²) >= 11 is 5.15. The molecule has 130 valence electrons. The molecule has 1 aromatic carbocycles. The summed E-state index contributed by atoms with van der Waals surface area (Å²) < 4.78 is 0.905. The van der Waals surface area contributed by atoms with Crippen LogP contribution < -0.4 is 16.0 Å². The number of nitrogens with zero attached hydrogens (tertiary/aromatic N) is 1. The van der Waals surface area contributed by atoms with E-state index in [1.807, 2.05) is 18.2 Å². The molecular formula is C15H24BrIN4OS. The van der Waals surface area contributed by atoms with E-state index in [1.165, 1.54) is 0 Å². The molecule has 0 aliphatic rings. The van der Waals surface area contributed by atoms with E-state index in [-0.39, 0.29) is 29.9 Å². The fraction of sp³-hybridized carbons (Fsp3) is 0.467. The molecule has 0 saturated carbocycles. The van der Waals surface area contributed by atoms with E-state index >= 15 is 0 Å². The summed E-state index contributed by atoms with van der Waals surface area (Å²) in [7, 11) is 1.75. The lowest BCUT2D eigenvalue weighted by molar-refractivity contribution is 0.0953. The molecule has 0 aliphatic carbocycles. The number of carbonyl (C=O) groups excluding carboxylic acids is 1. The number of nitrogens with one attached hydrogen (secondary N) is 3. The Morgan fingerprint density at radius 1 is 1.22 bits per heavy atom. The van der Waals surface area contributed by atoms with Gasteiger partial charge in [0.25, 0.3) is 5.91 Å². The Hall–Kier alpha value is -0.480. The van der Waals surface area contributed by atoms with E-state index in [1.54, 1.807) is 24.9 Å². The van der Waals surface area contributed by atoms with Crippen LogP contribution in [0.5, 0.6) is 0 Å². The van der Waals surface area contributed by atoms with Crippen molar-refractivity contribution in [3.05, 3.63) is 34.3 Å². The van der Waals surface area contributed by atoms with Gasteiger partial charge in [0.2, 0.25) is 0 Å². The van der Waals surface area contributed by atoms with Crippen molar-refractivity contribution in [2.45, 2.75) is 6.42 Å². The Kier molecular flexibility index (Phi) is 13.6. The highest BCUT2D eigenvalue weighted by Crippen LogP contribution is 2.11. The molecule has 3 N–H and O–H groups in total. The fourth-order valence-electron chi connectivity index (χ4n) is 1.72. The van der Waals surface area contributed by atoms with Gasteiger partial charge in [-0.05, 0) is 30.9 Å². The summed E-state index contributed by atoms with van der Waals surface area (Å²) in [5.74, 6) is 1.79. The summed E-state index contributed by atoms with van der Waals surface area (Å²) in [6.07, 6.45) is 2.91. The smallest absolute Gasteiger partial charge is 0.251 e. The molecule has 1 aromatic rings. The minimum Gasteiger partial charge on any atom is -0.356 e. The first-order valence-electron chi connectivity index (χ1n) is 7.14. The van der Waals surface area contributed by atoms with Gasteiger partial charge in [-0.15, -0.1) is 24.0 Å². The number of rotatable bonds is 8. The molecule has 5 nitrogen and oxygen atoms in total. The highest BCUT2D eigenvalue weighted by Gasteiger charge is 2.04. The van der Waals surface area contributed by atoms with E-state index in [4.69, 9.17) is 0 Å². The molecule has 0 aromatic heterocycles. The van der Waals surface area contributed by atoms with Crippen LogP contribution >= 0.6 is 51.7 Å². The SMILES string of the molecule is CN=C(NCCCNC(=O)c1cccc(Br)c1)NCCSC.I. The van der Waals surface area contributed by atoms with Gasteiger partial charge in [0.1, 0.15) is 0 Å². The number of hydrogen-bond acceptors (Lipinski definition) is 3. The second kappa shape index (κ2) is 13.9. The summed E-state index contributed by atoms with van der Waals surface area (Å²) in [4.78, 5) is 16.1.